The van der Waals surface area contributed by atoms with Gasteiger partial charge in [-0.05, 0) is 50.6 Å². The first-order valence-corrected chi connectivity index (χ1v) is 8.13. The van der Waals surface area contributed by atoms with Gasteiger partial charge < -0.3 is 10.2 Å². The maximum atomic E-state index is 14.0. The fourth-order valence-corrected chi connectivity index (χ4v) is 3.33. The monoisotopic (exact) mass is 373 g/mol. The van der Waals surface area contributed by atoms with E-state index in [0.29, 0.717) is 0 Å². The summed E-state index contributed by atoms with van der Waals surface area (Å²) in [4.78, 5) is 24.8. The zero-order valence-electron chi connectivity index (χ0n) is 14.9. The van der Waals surface area contributed by atoms with Crippen molar-refractivity contribution >= 4 is 22.8 Å². The Kier molecular flexibility index (Phi) is 4.26. The van der Waals surface area contributed by atoms with Crippen molar-refractivity contribution in [1.29, 1.82) is 0 Å². The lowest BCUT2D eigenvalue weighted by Crippen LogP contribution is -2.29. The third-order valence-corrected chi connectivity index (χ3v) is 4.71. The van der Waals surface area contributed by atoms with Crippen LogP contribution in [0.4, 0.5) is 8.78 Å². The van der Waals surface area contributed by atoms with Gasteiger partial charge in [-0.15, -0.1) is 0 Å². The van der Waals surface area contributed by atoms with Gasteiger partial charge in [-0.3, -0.25) is 14.2 Å². The summed E-state index contributed by atoms with van der Waals surface area (Å²) in [6.07, 6.45) is 0. The highest BCUT2D eigenvalue weighted by Crippen LogP contribution is 2.38. The minimum Gasteiger partial charge on any atom is -0.505 e. The summed E-state index contributed by atoms with van der Waals surface area (Å²) in [5.74, 6) is -3.99. The number of halogens is 2. The van der Waals surface area contributed by atoms with E-state index in [1.807, 2.05) is 0 Å². The molecule has 3 aromatic rings. The van der Waals surface area contributed by atoms with Gasteiger partial charge in [0, 0.05) is 22.7 Å². The van der Waals surface area contributed by atoms with Gasteiger partial charge in [0.15, 0.2) is 11.6 Å². The molecule has 0 bridgehead atoms. The molecule has 0 aliphatic carbocycles. The summed E-state index contributed by atoms with van der Waals surface area (Å²) < 4.78 is 28.7. The number of phenolic OH excluding ortho intramolecular Hbond substituents is 1. The first-order chi connectivity index (χ1) is 12.6. The molecule has 1 aromatic heterocycles. The molecule has 0 fully saturated rings. The molecule has 0 unspecified atom stereocenters. The van der Waals surface area contributed by atoms with Gasteiger partial charge in [-0.1, -0.05) is 6.07 Å². The Bertz CT molecular complexity index is 1100. The van der Waals surface area contributed by atoms with Crippen LogP contribution in [0.15, 0.2) is 36.4 Å². The topological polar surface area (TPSA) is 79.5 Å². The zero-order chi connectivity index (χ0) is 20.1. The maximum Gasteiger partial charge on any atom is 0.313 e. The Morgan fingerprint density at radius 1 is 1.11 bits per heavy atom. The number of aromatic nitrogens is 1. The number of fused-ring (bicyclic) bond motifs is 1. The van der Waals surface area contributed by atoms with Crippen LogP contribution in [0.3, 0.4) is 0 Å². The van der Waals surface area contributed by atoms with Crippen LogP contribution in [0.1, 0.15) is 35.5 Å². The van der Waals surface area contributed by atoms with E-state index in [4.69, 9.17) is 0 Å². The summed E-state index contributed by atoms with van der Waals surface area (Å²) >= 11 is 0. The summed E-state index contributed by atoms with van der Waals surface area (Å²) in [5, 5.41) is 19.6. The highest BCUT2D eigenvalue weighted by atomic mass is 19.1. The average molecular weight is 373 g/mol. The van der Waals surface area contributed by atoms with E-state index in [1.54, 1.807) is 0 Å². The Morgan fingerprint density at radius 3 is 2.37 bits per heavy atom. The van der Waals surface area contributed by atoms with E-state index in [1.165, 1.54) is 39.0 Å². The van der Waals surface area contributed by atoms with Crippen LogP contribution >= 0.6 is 0 Å². The SMILES string of the molecule is Cc1c(C(C)(C)C(=O)O)c2cc(O)c(F)cc2n1C(=O)c1cccc(F)c1. The number of phenols is 1. The van der Waals surface area contributed by atoms with Gasteiger partial charge >= 0.3 is 5.97 Å². The van der Waals surface area contributed by atoms with E-state index >= 15 is 0 Å². The molecule has 2 N–H and O–H groups in total. The van der Waals surface area contributed by atoms with Crippen molar-refractivity contribution in [3.8, 4) is 5.75 Å². The van der Waals surface area contributed by atoms with Crippen LogP contribution in [0, 0.1) is 18.6 Å². The number of carbonyl (C=O) groups is 2. The number of hydrogen-bond acceptors (Lipinski definition) is 3. The number of carboxylic acids is 1. The molecule has 0 amide bonds. The van der Waals surface area contributed by atoms with Crippen molar-refractivity contribution < 1.29 is 28.6 Å². The number of nitrogens with zero attached hydrogens (tertiary/aromatic N) is 1. The summed E-state index contributed by atoms with van der Waals surface area (Å²) in [5.41, 5.74) is -0.744. The largest absolute Gasteiger partial charge is 0.505 e. The van der Waals surface area contributed by atoms with Gasteiger partial charge in [0.1, 0.15) is 5.82 Å². The van der Waals surface area contributed by atoms with Crippen LogP contribution in [-0.2, 0) is 10.2 Å². The van der Waals surface area contributed by atoms with Crippen LogP contribution in [0.2, 0.25) is 0 Å². The molecule has 0 saturated heterocycles. The second-order valence-corrected chi connectivity index (χ2v) is 6.86. The van der Waals surface area contributed by atoms with Crippen LogP contribution in [-0.4, -0.2) is 26.7 Å². The second kappa shape index (κ2) is 6.19. The maximum absolute atomic E-state index is 14.0. The van der Waals surface area contributed by atoms with Crippen molar-refractivity contribution in [3.63, 3.8) is 0 Å². The number of rotatable bonds is 3. The molecular formula is C20H17F2NO4. The molecule has 5 nitrogen and oxygen atoms in total. The van der Waals surface area contributed by atoms with E-state index in [-0.39, 0.29) is 27.7 Å². The standard InChI is InChI=1S/C20H17F2NO4/c1-10-17(20(2,3)19(26)27)13-8-16(24)14(22)9-15(13)23(10)18(25)11-5-4-6-12(21)7-11/h4-9,24H,1-3H3,(H,26,27). The molecule has 27 heavy (non-hydrogen) atoms. The lowest BCUT2D eigenvalue weighted by atomic mass is 9.83. The predicted octanol–water partition coefficient (Wildman–Crippen LogP) is 3.98. The third kappa shape index (κ3) is 2.85. The quantitative estimate of drug-likeness (QED) is 0.728. The highest BCUT2D eigenvalue weighted by Gasteiger charge is 2.36. The molecule has 2 aromatic carbocycles. The lowest BCUT2D eigenvalue weighted by molar-refractivity contribution is -0.142. The molecule has 0 aliphatic rings. The second-order valence-electron chi connectivity index (χ2n) is 6.86. The molecular weight excluding hydrogens is 356 g/mol. The lowest BCUT2D eigenvalue weighted by Gasteiger charge is -2.20. The van der Waals surface area contributed by atoms with E-state index in [9.17, 15) is 28.6 Å². The number of carbonyl (C=O) groups excluding carboxylic acids is 1. The molecule has 0 spiro atoms. The zero-order valence-corrected chi connectivity index (χ0v) is 14.9. The average Bonchev–Trinajstić information content (AvgIpc) is 2.86. The first kappa shape index (κ1) is 18.6. The first-order valence-electron chi connectivity index (χ1n) is 8.13. The minimum atomic E-state index is -1.42. The molecule has 0 saturated carbocycles. The summed E-state index contributed by atoms with van der Waals surface area (Å²) in [7, 11) is 0. The number of aliphatic carboxylic acids is 1. The van der Waals surface area contributed by atoms with E-state index in [2.05, 4.69) is 0 Å². The van der Waals surface area contributed by atoms with Crippen molar-refractivity contribution in [2.24, 2.45) is 0 Å². The minimum absolute atomic E-state index is 0.0307. The molecule has 3 rings (SSSR count). The Morgan fingerprint density at radius 2 is 1.78 bits per heavy atom. The van der Waals surface area contributed by atoms with Gasteiger partial charge in [-0.25, -0.2) is 8.78 Å². The number of benzene rings is 2. The fourth-order valence-electron chi connectivity index (χ4n) is 3.33. The smallest absolute Gasteiger partial charge is 0.313 e. The Labute approximate surface area is 153 Å². The third-order valence-electron chi connectivity index (χ3n) is 4.71. The molecule has 0 radical (unpaired) electrons. The molecule has 140 valence electrons. The number of hydrogen-bond donors (Lipinski definition) is 2. The summed E-state index contributed by atoms with van der Waals surface area (Å²) in [6, 6.07) is 7.09. The normalized spacial score (nSPS) is 11.7. The van der Waals surface area contributed by atoms with E-state index in [0.717, 1.165) is 22.8 Å². The van der Waals surface area contributed by atoms with Crippen LogP contribution in [0.25, 0.3) is 10.9 Å². The highest BCUT2D eigenvalue weighted by molar-refractivity contribution is 6.05. The Balaban J connectivity index is 2.40. The van der Waals surface area contributed by atoms with Gasteiger partial charge in [0.2, 0.25) is 0 Å². The van der Waals surface area contributed by atoms with Crippen molar-refractivity contribution in [1.82, 2.24) is 4.57 Å². The van der Waals surface area contributed by atoms with Gasteiger partial charge in [0.25, 0.3) is 5.91 Å². The van der Waals surface area contributed by atoms with Crippen molar-refractivity contribution in [3.05, 3.63) is 64.9 Å². The van der Waals surface area contributed by atoms with E-state index < -0.39 is 34.7 Å². The molecule has 0 aliphatic heterocycles. The van der Waals surface area contributed by atoms with Gasteiger partial charge in [0.05, 0.1) is 10.9 Å². The van der Waals surface area contributed by atoms with Crippen molar-refractivity contribution in [2.75, 3.05) is 0 Å². The Hall–Kier alpha value is -3.22. The molecule has 0 atom stereocenters. The number of aromatic hydroxyl groups is 1. The molecule has 1 heterocycles. The van der Waals surface area contributed by atoms with Crippen LogP contribution in [0.5, 0.6) is 5.75 Å². The van der Waals surface area contributed by atoms with Crippen molar-refractivity contribution in [2.45, 2.75) is 26.2 Å². The number of carboxylic acid groups (broad SMARTS) is 1. The van der Waals surface area contributed by atoms with Gasteiger partial charge in [-0.2, -0.15) is 0 Å². The molecule has 7 heteroatoms. The fraction of sp³-hybridized carbons (Fsp3) is 0.200. The predicted molar refractivity (Wildman–Crippen MR) is 95.1 cm³/mol. The summed E-state index contributed by atoms with van der Waals surface area (Å²) in [6.45, 7) is 4.44. The van der Waals surface area contributed by atoms with Crippen LogP contribution < -0.4 is 0 Å².